The lowest BCUT2D eigenvalue weighted by Crippen LogP contribution is -2.34. The van der Waals surface area contributed by atoms with Crippen LogP contribution in [0.2, 0.25) is 0 Å². The van der Waals surface area contributed by atoms with Crippen LogP contribution in [-0.4, -0.2) is 44.8 Å². The molecule has 0 fully saturated rings. The fraction of sp³-hybridized carbons (Fsp3) is 0.120. The molecule has 180 valence electrons. The minimum atomic E-state index is -0.521. The van der Waals surface area contributed by atoms with Crippen LogP contribution in [0.3, 0.4) is 0 Å². The highest BCUT2D eigenvalue weighted by molar-refractivity contribution is 9.10. The number of hydrogen-bond acceptors (Lipinski definition) is 7. The summed E-state index contributed by atoms with van der Waals surface area (Å²) in [4.78, 5) is 36.6. The van der Waals surface area contributed by atoms with Gasteiger partial charge in [0.1, 0.15) is 5.75 Å². The van der Waals surface area contributed by atoms with E-state index in [2.05, 4.69) is 31.8 Å². The molecule has 0 atom stereocenters. The molecule has 0 heterocycles. The minimum absolute atomic E-state index is 0.283. The Kier molecular flexibility index (Phi) is 8.96. The number of carbonyl (C=O) groups excluding carboxylic acids is 3. The summed E-state index contributed by atoms with van der Waals surface area (Å²) in [5, 5.41) is 6.38. The van der Waals surface area contributed by atoms with Crippen LogP contribution in [0.1, 0.15) is 26.3 Å². The number of carbonyl (C=O) groups is 3. The quantitative estimate of drug-likeness (QED) is 0.186. The highest BCUT2D eigenvalue weighted by Gasteiger charge is 2.12. The summed E-state index contributed by atoms with van der Waals surface area (Å²) in [5.74, 6) is -0.259. The summed E-state index contributed by atoms with van der Waals surface area (Å²) in [5.41, 5.74) is 3.64. The number of rotatable bonds is 9. The number of hydrogen-bond donors (Lipinski definition) is 2. The molecule has 0 aliphatic heterocycles. The van der Waals surface area contributed by atoms with Crippen molar-refractivity contribution < 1.29 is 28.6 Å². The van der Waals surface area contributed by atoms with Crippen molar-refractivity contribution >= 4 is 39.9 Å². The van der Waals surface area contributed by atoms with E-state index in [1.165, 1.54) is 26.5 Å². The van der Waals surface area contributed by atoms with Gasteiger partial charge in [0, 0.05) is 10.0 Å². The number of amides is 2. The van der Waals surface area contributed by atoms with E-state index in [0.29, 0.717) is 33.9 Å². The first-order valence-electron chi connectivity index (χ1n) is 10.3. The second-order valence-electron chi connectivity index (χ2n) is 7.02. The van der Waals surface area contributed by atoms with Gasteiger partial charge in [-0.15, -0.1) is 0 Å². The van der Waals surface area contributed by atoms with Gasteiger partial charge in [-0.1, -0.05) is 34.1 Å². The number of nitrogens with one attached hydrogen (secondary N) is 2. The lowest BCUT2D eigenvalue weighted by molar-refractivity contribution is -0.120. The molecular weight excluding hydrogens is 518 g/mol. The molecule has 0 spiro atoms. The Bertz CT molecular complexity index is 1260. The van der Waals surface area contributed by atoms with Gasteiger partial charge < -0.3 is 19.5 Å². The molecule has 10 heteroatoms. The maximum Gasteiger partial charge on any atom is 0.343 e. The lowest BCUT2D eigenvalue weighted by atomic mass is 10.2. The third kappa shape index (κ3) is 7.41. The molecule has 0 radical (unpaired) electrons. The van der Waals surface area contributed by atoms with Crippen molar-refractivity contribution in [2.24, 2.45) is 5.10 Å². The molecule has 3 aromatic rings. The van der Waals surface area contributed by atoms with E-state index >= 15 is 0 Å². The predicted octanol–water partition coefficient (Wildman–Crippen LogP) is 3.57. The summed E-state index contributed by atoms with van der Waals surface area (Å²) in [6.45, 7) is -0.283. The Balaban J connectivity index is 1.50. The zero-order chi connectivity index (χ0) is 25.2. The first-order chi connectivity index (χ1) is 16.9. The average Bonchev–Trinajstić information content (AvgIpc) is 2.87. The van der Waals surface area contributed by atoms with E-state index in [4.69, 9.17) is 14.2 Å². The van der Waals surface area contributed by atoms with Crippen LogP contribution in [-0.2, 0) is 4.79 Å². The van der Waals surface area contributed by atoms with Gasteiger partial charge in [-0.2, -0.15) is 5.10 Å². The first-order valence-corrected chi connectivity index (χ1v) is 11.1. The van der Waals surface area contributed by atoms with Crippen LogP contribution >= 0.6 is 15.9 Å². The van der Waals surface area contributed by atoms with Crippen molar-refractivity contribution in [1.82, 2.24) is 10.7 Å². The number of esters is 1. The summed E-state index contributed by atoms with van der Waals surface area (Å²) in [6.07, 6.45) is 1.39. The van der Waals surface area contributed by atoms with E-state index in [1.807, 2.05) is 6.07 Å². The maximum absolute atomic E-state index is 12.3. The van der Waals surface area contributed by atoms with Gasteiger partial charge in [-0.25, -0.2) is 10.2 Å². The molecule has 0 saturated carbocycles. The molecule has 0 unspecified atom stereocenters. The van der Waals surface area contributed by atoms with Gasteiger partial charge >= 0.3 is 5.97 Å². The van der Waals surface area contributed by atoms with Gasteiger partial charge in [0.05, 0.1) is 32.5 Å². The van der Waals surface area contributed by atoms with Crippen molar-refractivity contribution in [1.29, 1.82) is 0 Å². The summed E-state index contributed by atoms with van der Waals surface area (Å²) in [7, 11) is 2.96. The molecule has 9 nitrogen and oxygen atoms in total. The van der Waals surface area contributed by atoms with E-state index in [9.17, 15) is 14.4 Å². The van der Waals surface area contributed by atoms with Gasteiger partial charge in [0.25, 0.3) is 11.8 Å². The van der Waals surface area contributed by atoms with Gasteiger partial charge in [0.2, 0.25) is 0 Å². The number of nitrogens with zero attached hydrogens (tertiary/aromatic N) is 1. The van der Waals surface area contributed by atoms with E-state index in [0.717, 1.165) is 4.47 Å². The van der Waals surface area contributed by atoms with Crippen LogP contribution in [0, 0.1) is 0 Å². The van der Waals surface area contributed by atoms with Crippen LogP contribution < -0.4 is 25.0 Å². The molecule has 3 aromatic carbocycles. The molecule has 2 N–H and O–H groups in total. The van der Waals surface area contributed by atoms with E-state index < -0.39 is 17.8 Å². The van der Waals surface area contributed by atoms with Crippen molar-refractivity contribution in [3.8, 4) is 17.2 Å². The fourth-order valence-corrected chi connectivity index (χ4v) is 3.30. The highest BCUT2D eigenvalue weighted by atomic mass is 79.9. The lowest BCUT2D eigenvalue weighted by Gasteiger charge is -2.09. The third-order valence-electron chi connectivity index (χ3n) is 4.59. The maximum atomic E-state index is 12.3. The summed E-state index contributed by atoms with van der Waals surface area (Å²) < 4.78 is 16.5. The average molecular weight is 540 g/mol. The van der Waals surface area contributed by atoms with Gasteiger partial charge in [-0.3, -0.25) is 9.59 Å². The normalized spacial score (nSPS) is 10.5. The van der Waals surface area contributed by atoms with Crippen molar-refractivity contribution in [2.75, 3.05) is 20.8 Å². The van der Waals surface area contributed by atoms with Crippen LogP contribution in [0.25, 0.3) is 0 Å². The summed E-state index contributed by atoms with van der Waals surface area (Å²) >= 11 is 3.32. The second-order valence-corrected chi connectivity index (χ2v) is 7.93. The fourth-order valence-electron chi connectivity index (χ4n) is 2.90. The Hall–Kier alpha value is -4.18. The Morgan fingerprint density at radius 2 is 1.69 bits per heavy atom. The van der Waals surface area contributed by atoms with E-state index in [-0.39, 0.29) is 6.54 Å². The number of halogens is 1. The smallest absolute Gasteiger partial charge is 0.343 e. The second kappa shape index (κ2) is 12.3. The minimum Gasteiger partial charge on any atom is -0.493 e. The monoisotopic (exact) mass is 539 g/mol. The van der Waals surface area contributed by atoms with Crippen LogP contribution in [0.5, 0.6) is 17.2 Å². The molecular formula is C25H22BrN3O6. The zero-order valence-electron chi connectivity index (χ0n) is 18.9. The topological polar surface area (TPSA) is 115 Å². The van der Waals surface area contributed by atoms with Crippen molar-refractivity contribution in [2.45, 2.75) is 0 Å². The number of hydrazone groups is 1. The Labute approximate surface area is 210 Å². The van der Waals surface area contributed by atoms with Crippen LogP contribution in [0.15, 0.2) is 76.3 Å². The highest BCUT2D eigenvalue weighted by Crippen LogP contribution is 2.27. The largest absolute Gasteiger partial charge is 0.493 e. The van der Waals surface area contributed by atoms with Crippen molar-refractivity contribution in [3.05, 3.63) is 87.9 Å². The number of methoxy groups -OCH3 is 2. The van der Waals surface area contributed by atoms with E-state index in [1.54, 1.807) is 54.6 Å². The molecule has 0 saturated heterocycles. The van der Waals surface area contributed by atoms with Crippen molar-refractivity contribution in [3.63, 3.8) is 0 Å². The molecule has 0 aromatic heterocycles. The summed E-state index contributed by atoms with van der Waals surface area (Å²) in [6, 6.07) is 18.2. The molecule has 0 aliphatic carbocycles. The number of ether oxygens (including phenoxy) is 3. The third-order valence-corrected chi connectivity index (χ3v) is 5.08. The van der Waals surface area contributed by atoms with Gasteiger partial charge in [-0.05, 0) is 54.1 Å². The Morgan fingerprint density at radius 1 is 0.914 bits per heavy atom. The predicted molar refractivity (Wildman–Crippen MR) is 133 cm³/mol. The SMILES string of the molecule is COc1ccc(C(=O)NCC(=O)N/N=C\c2cccc(OC(=O)c3cccc(Br)c3)c2)cc1OC. The Morgan fingerprint density at radius 3 is 2.43 bits per heavy atom. The molecule has 3 rings (SSSR count). The standard InChI is InChI=1S/C25H22BrN3O6/c1-33-21-10-9-17(13-22(21)34-2)24(31)27-15-23(30)29-28-14-16-5-3-8-20(11-16)35-25(32)18-6-4-7-19(26)12-18/h3-14H,15H2,1-2H3,(H,27,31)(H,29,30)/b28-14-. The molecule has 0 bridgehead atoms. The number of benzene rings is 3. The first kappa shape index (κ1) is 25.4. The molecule has 35 heavy (non-hydrogen) atoms. The zero-order valence-corrected chi connectivity index (χ0v) is 20.5. The molecule has 0 aliphatic rings. The van der Waals surface area contributed by atoms with Crippen LogP contribution in [0.4, 0.5) is 0 Å². The van der Waals surface area contributed by atoms with Gasteiger partial charge in [0.15, 0.2) is 11.5 Å². The molecule has 2 amide bonds.